The fourth-order valence-electron chi connectivity index (χ4n) is 3.96. The molecule has 4 nitrogen and oxygen atoms in total. The fourth-order valence-corrected chi connectivity index (χ4v) is 3.96. The van der Waals surface area contributed by atoms with Gasteiger partial charge in [0, 0.05) is 25.2 Å². The summed E-state index contributed by atoms with van der Waals surface area (Å²) in [7, 11) is 0. The summed E-state index contributed by atoms with van der Waals surface area (Å²) in [5.41, 5.74) is 0. The molecule has 1 saturated carbocycles. The average Bonchev–Trinajstić information content (AvgIpc) is 2.39. The van der Waals surface area contributed by atoms with Crippen molar-refractivity contribution in [3.8, 4) is 0 Å². The van der Waals surface area contributed by atoms with Crippen LogP contribution in [-0.2, 0) is 4.79 Å². The van der Waals surface area contributed by atoms with Gasteiger partial charge in [0.25, 0.3) is 0 Å². The predicted octanol–water partition coefficient (Wildman–Crippen LogP) is 2.48. The van der Waals surface area contributed by atoms with E-state index in [4.69, 9.17) is 5.11 Å². The zero-order valence-electron chi connectivity index (χ0n) is 12.8. The van der Waals surface area contributed by atoms with E-state index >= 15 is 0 Å². The Kier molecular flexibility index (Phi) is 6.30. The Morgan fingerprint density at radius 2 is 1.95 bits per heavy atom. The van der Waals surface area contributed by atoms with Crippen LogP contribution < -0.4 is 5.32 Å². The predicted molar refractivity (Wildman–Crippen MR) is 80.9 cm³/mol. The number of aliphatic carboxylic acids is 1. The molecule has 0 aromatic heterocycles. The van der Waals surface area contributed by atoms with Crippen LogP contribution in [0.15, 0.2) is 0 Å². The Morgan fingerprint density at radius 3 is 2.60 bits per heavy atom. The summed E-state index contributed by atoms with van der Waals surface area (Å²) in [6.07, 6.45) is 10.3. The van der Waals surface area contributed by atoms with E-state index in [0.29, 0.717) is 18.0 Å². The lowest BCUT2D eigenvalue weighted by Crippen LogP contribution is -2.53. The lowest BCUT2D eigenvalue weighted by molar-refractivity contribution is -0.138. The van der Waals surface area contributed by atoms with Crippen molar-refractivity contribution < 1.29 is 9.90 Å². The van der Waals surface area contributed by atoms with Gasteiger partial charge in [0.15, 0.2) is 0 Å². The van der Waals surface area contributed by atoms with Crippen LogP contribution in [-0.4, -0.2) is 47.7 Å². The third-order valence-electron chi connectivity index (χ3n) is 4.75. The molecule has 0 radical (unpaired) electrons. The highest BCUT2D eigenvalue weighted by molar-refractivity contribution is 5.69. The number of likely N-dealkylation sites (tertiary alicyclic amines) is 1. The number of hydrogen-bond acceptors (Lipinski definition) is 3. The summed E-state index contributed by atoms with van der Waals surface area (Å²) in [5.74, 6) is -0.0345. The second kappa shape index (κ2) is 7.99. The quantitative estimate of drug-likeness (QED) is 0.786. The molecule has 20 heavy (non-hydrogen) atoms. The van der Waals surface area contributed by atoms with Crippen molar-refractivity contribution in [2.45, 2.75) is 70.4 Å². The van der Waals surface area contributed by atoms with Crippen LogP contribution in [0.4, 0.5) is 0 Å². The second-order valence-corrected chi connectivity index (χ2v) is 6.68. The van der Waals surface area contributed by atoms with Crippen molar-refractivity contribution in [1.29, 1.82) is 0 Å². The van der Waals surface area contributed by atoms with Crippen LogP contribution in [0, 0.1) is 5.92 Å². The zero-order chi connectivity index (χ0) is 14.4. The van der Waals surface area contributed by atoms with Gasteiger partial charge in [0.1, 0.15) is 0 Å². The number of nitrogens with one attached hydrogen (secondary N) is 1. The van der Waals surface area contributed by atoms with Gasteiger partial charge in [0.05, 0.1) is 6.54 Å². The minimum Gasteiger partial charge on any atom is -0.480 e. The van der Waals surface area contributed by atoms with Gasteiger partial charge in [-0.15, -0.1) is 0 Å². The number of piperidine rings is 1. The first-order valence-electron chi connectivity index (χ1n) is 8.37. The van der Waals surface area contributed by atoms with Crippen LogP contribution in [0.3, 0.4) is 0 Å². The van der Waals surface area contributed by atoms with E-state index in [2.05, 4.69) is 17.1 Å². The molecular formula is C16H30N2O2. The first kappa shape index (κ1) is 15.8. The van der Waals surface area contributed by atoms with E-state index < -0.39 is 5.97 Å². The standard InChI is InChI=1S/C16H30N2O2/c1-2-6-13-9-15(11-18(10-13)12-16(19)20)17-14-7-4-3-5-8-14/h13-15,17H,2-12H2,1H3,(H,19,20). The molecule has 1 saturated heterocycles. The number of rotatable bonds is 6. The molecule has 2 rings (SSSR count). The molecule has 1 aliphatic heterocycles. The van der Waals surface area contributed by atoms with Crippen LogP contribution >= 0.6 is 0 Å². The largest absolute Gasteiger partial charge is 0.480 e. The Hall–Kier alpha value is -0.610. The van der Waals surface area contributed by atoms with Gasteiger partial charge in [-0.2, -0.15) is 0 Å². The molecule has 1 heterocycles. The maximum atomic E-state index is 11.0. The molecule has 0 amide bonds. The molecule has 2 fully saturated rings. The van der Waals surface area contributed by atoms with Gasteiger partial charge in [0.2, 0.25) is 0 Å². The van der Waals surface area contributed by atoms with E-state index in [1.165, 1.54) is 51.4 Å². The lowest BCUT2D eigenvalue weighted by atomic mass is 9.88. The first-order valence-corrected chi connectivity index (χ1v) is 8.37. The van der Waals surface area contributed by atoms with Crippen LogP contribution in [0.1, 0.15) is 58.3 Å². The second-order valence-electron chi connectivity index (χ2n) is 6.68. The van der Waals surface area contributed by atoms with Crippen molar-refractivity contribution in [1.82, 2.24) is 10.2 Å². The fraction of sp³-hybridized carbons (Fsp3) is 0.938. The molecule has 4 heteroatoms. The number of carboxylic acids is 1. The number of carbonyl (C=O) groups is 1. The molecule has 0 spiro atoms. The molecule has 1 aliphatic carbocycles. The topological polar surface area (TPSA) is 52.6 Å². The minimum atomic E-state index is -0.696. The van der Waals surface area contributed by atoms with Crippen molar-refractivity contribution in [3.63, 3.8) is 0 Å². The summed E-state index contributed by atoms with van der Waals surface area (Å²) in [6.45, 7) is 4.29. The number of hydrogen-bond donors (Lipinski definition) is 2. The molecule has 0 aromatic rings. The smallest absolute Gasteiger partial charge is 0.317 e. The minimum absolute atomic E-state index is 0.197. The van der Waals surface area contributed by atoms with Crippen molar-refractivity contribution in [2.75, 3.05) is 19.6 Å². The highest BCUT2D eigenvalue weighted by Crippen LogP contribution is 2.24. The average molecular weight is 282 g/mol. The van der Waals surface area contributed by atoms with Gasteiger partial charge in [-0.25, -0.2) is 0 Å². The van der Waals surface area contributed by atoms with Crippen molar-refractivity contribution in [2.24, 2.45) is 5.92 Å². The van der Waals surface area contributed by atoms with E-state index in [1.54, 1.807) is 0 Å². The van der Waals surface area contributed by atoms with Crippen molar-refractivity contribution in [3.05, 3.63) is 0 Å². The summed E-state index contributed by atoms with van der Waals surface area (Å²) >= 11 is 0. The lowest BCUT2D eigenvalue weighted by Gasteiger charge is -2.39. The third-order valence-corrected chi connectivity index (χ3v) is 4.75. The molecular weight excluding hydrogens is 252 g/mol. The molecule has 2 aliphatic rings. The monoisotopic (exact) mass is 282 g/mol. The zero-order valence-corrected chi connectivity index (χ0v) is 12.8. The summed E-state index contributed by atoms with van der Waals surface area (Å²) in [6, 6.07) is 1.16. The first-order chi connectivity index (χ1) is 9.67. The van der Waals surface area contributed by atoms with Gasteiger partial charge in [-0.05, 0) is 31.6 Å². The molecule has 0 aromatic carbocycles. The van der Waals surface area contributed by atoms with Crippen LogP contribution in [0.5, 0.6) is 0 Å². The van der Waals surface area contributed by atoms with Gasteiger partial charge < -0.3 is 10.4 Å². The van der Waals surface area contributed by atoms with Gasteiger partial charge in [-0.1, -0.05) is 32.6 Å². The number of carboxylic acid groups (broad SMARTS) is 1. The van der Waals surface area contributed by atoms with E-state index in [-0.39, 0.29) is 6.54 Å². The van der Waals surface area contributed by atoms with E-state index in [9.17, 15) is 4.79 Å². The summed E-state index contributed by atoms with van der Waals surface area (Å²) in [4.78, 5) is 13.1. The highest BCUT2D eigenvalue weighted by Gasteiger charge is 2.29. The Labute approximate surface area is 122 Å². The van der Waals surface area contributed by atoms with Crippen molar-refractivity contribution >= 4 is 5.97 Å². The Morgan fingerprint density at radius 1 is 1.20 bits per heavy atom. The molecule has 2 N–H and O–H groups in total. The maximum absolute atomic E-state index is 11.0. The summed E-state index contributed by atoms with van der Waals surface area (Å²) < 4.78 is 0. The maximum Gasteiger partial charge on any atom is 0.317 e. The Bertz CT molecular complexity index is 303. The third kappa shape index (κ3) is 5.06. The summed E-state index contributed by atoms with van der Waals surface area (Å²) in [5, 5.41) is 12.8. The van der Waals surface area contributed by atoms with E-state index in [1.807, 2.05) is 0 Å². The molecule has 2 atom stereocenters. The normalized spacial score (nSPS) is 29.4. The highest BCUT2D eigenvalue weighted by atomic mass is 16.4. The van der Waals surface area contributed by atoms with Gasteiger partial charge >= 0.3 is 5.97 Å². The molecule has 116 valence electrons. The van der Waals surface area contributed by atoms with Crippen LogP contribution in [0.25, 0.3) is 0 Å². The molecule has 0 bridgehead atoms. The Balaban J connectivity index is 1.86. The van der Waals surface area contributed by atoms with E-state index in [0.717, 1.165) is 13.1 Å². The SMILES string of the molecule is CCCC1CC(NC2CCCCC2)CN(CC(=O)O)C1. The number of nitrogens with zero attached hydrogens (tertiary/aromatic N) is 1. The molecule has 2 unspecified atom stereocenters. The van der Waals surface area contributed by atoms with Gasteiger partial charge in [-0.3, -0.25) is 9.69 Å². The van der Waals surface area contributed by atoms with Crippen LogP contribution in [0.2, 0.25) is 0 Å².